The predicted octanol–water partition coefficient (Wildman–Crippen LogP) is 2.00. The fraction of sp³-hybridized carbons (Fsp3) is 0.643. The van der Waals surface area contributed by atoms with Gasteiger partial charge in [-0.25, -0.2) is 0 Å². The van der Waals surface area contributed by atoms with E-state index < -0.39 is 0 Å². The molecule has 0 aliphatic carbocycles. The van der Waals surface area contributed by atoms with Gasteiger partial charge in [0.15, 0.2) is 0 Å². The monoisotopic (exact) mass is 251 g/mol. The van der Waals surface area contributed by atoms with Crippen LogP contribution in [0, 0.1) is 0 Å². The Kier molecular flexibility index (Phi) is 6.68. The fourth-order valence-corrected chi connectivity index (χ4v) is 1.96. The van der Waals surface area contributed by atoms with E-state index >= 15 is 0 Å². The van der Waals surface area contributed by atoms with Gasteiger partial charge in [0.05, 0.1) is 6.10 Å². The van der Waals surface area contributed by atoms with Crippen molar-refractivity contribution in [3.63, 3.8) is 0 Å². The highest BCUT2D eigenvalue weighted by molar-refractivity contribution is 5.44. The normalized spacial score (nSPS) is 14.4. The highest BCUT2D eigenvalue weighted by Gasteiger charge is 2.18. The molecule has 0 saturated heterocycles. The number of rotatable bonds is 8. The van der Waals surface area contributed by atoms with Crippen LogP contribution in [-0.2, 0) is 11.2 Å². The van der Waals surface area contributed by atoms with E-state index in [1.165, 1.54) is 0 Å². The zero-order valence-electron chi connectivity index (χ0n) is 11.6. The summed E-state index contributed by atoms with van der Waals surface area (Å²) in [5.74, 6) is 0. The van der Waals surface area contributed by atoms with Gasteiger partial charge in [-0.3, -0.25) is 4.98 Å². The van der Waals surface area contributed by atoms with Gasteiger partial charge in [0, 0.05) is 30.7 Å². The van der Waals surface area contributed by atoms with Crippen LogP contribution in [0.3, 0.4) is 0 Å². The summed E-state index contributed by atoms with van der Waals surface area (Å²) >= 11 is 0. The number of nitrogens with zero attached hydrogens (tertiary/aromatic N) is 1. The van der Waals surface area contributed by atoms with Crippen molar-refractivity contribution < 1.29 is 4.74 Å². The Bertz CT molecular complexity index is 344. The summed E-state index contributed by atoms with van der Waals surface area (Å²) < 4.78 is 5.69. The van der Waals surface area contributed by atoms with Crippen molar-refractivity contribution in [2.45, 2.75) is 45.8 Å². The first-order chi connectivity index (χ1) is 8.69. The second-order valence-corrected chi connectivity index (χ2v) is 4.50. The van der Waals surface area contributed by atoms with E-state index in [4.69, 9.17) is 10.5 Å². The van der Waals surface area contributed by atoms with Crippen LogP contribution in [0.2, 0.25) is 0 Å². The molecule has 1 aromatic heterocycles. The van der Waals surface area contributed by atoms with Crippen molar-refractivity contribution in [2.24, 2.45) is 0 Å². The third-order valence-electron chi connectivity index (χ3n) is 3.03. The SMILES string of the molecule is CCCNC(Cc1cnccc1N)C(C)OCC. The molecule has 0 aromatic carbocycles. The number of hydrogen-bond donors (Lipinski definition) is 2. The van der Waals surface area contributed by atoms with Crippen molar-refractivity contribution in [1.82, 2.24) is 10.3 Å². The molecule has 4 heteroatoms. The summed E-state index contributed by atoms with van der Waals surface area (Å²) in [6.45, 7) is 8.00. The second-order valence-electron chi connectivity index (χ2n) is 4.50. The lowest BCUT2D eigenvalue weighted by Crippen LogP contribution is -2.42. The Morgan fingerprint density at radius 1 is 1.44 bits per heavy atom. The Balaban J connectivity index is 2.68. The summed E-state index contributed by atoms with van der Waals surface area (Å²) in [6.07, 6.45) is 5.69. The number of aromatic nitrogens is 1. The van der Waals surface area contributed by atoms with Gasteiger partial charge in [-0.05, 0) is 44.9 Å². The molecule has 0 aliphatic heterocycles. The molecule has 0 fully saturated rings. The molecule has 1 rings (SSSR count). The first kappa shape index (κ1) is 14.9. The third-order valence-corrected chi connectivity index (χ3v) is 3.03. The van der Waals surface area contributed by atoms with E-state index in [-0.39, 0.29) is 12.1 Å². The number of nitrogen functional groups attached to an aromatic ring is 1. The van der Waals surface area contributed by atoms with E-state index in [0.717, 1.165) is 37.2 Å². The molecule has 3 N–H and O–H groups in total. The lowest BCUT2D eigenvalue weighted by Gasteiger charge is -2.25. The Morgan fingerprint density at radius 2 is 2.22 bits per heavy atom. The number of hydrogen-bond acceptors (Lipinski definition) is 4. The van der Waals surface area contributed by atoms with Crippen LogP contribution in [0.25, 0.3) is 0 Å². The van der Waals surface area contributed by atoms with E-state index in [2.05, 4.69) is 24.1 Å². The van der Waals surface area contributed by atoms with Gasteiger partial charge in [-0.15, -0.1) is 0 Å². The Hall–Kier alpha value is -1.13. The molecule has 102 valence electrons. The molecule has 0 amide bonds. The largest absolute Gasteiger partial charge is 0.398 e. The van der Waals surface area contributed by atoms with E-state index in [1.54, 1.807) is 6.20 Å². The Labute approximate surface area is 110 Å². The average molecular weight is 251 g/mol. The van der Waals surface area contributed by atoms with Crippen LogP contribution in [0.5, 0.6) is 0 Å². The molecule has 0 aliphatic rings. The molecule has 0 radical (unpaired) electrons. The summed E-state index contributed by atoms with van der Waals surface area (Å²) in [5, 5.41) is 3.52. The van der Waals surface area contributed by atoms with Gasteiger partial charge in [0.25, 0.3) is 0 Å². The maximum Gasteiger partial charge on any atom is 0.0703 e. The lowest BCUT2D eigenvalue weighted by molar-refractivity contribution is 0.0477. The Morgan fingerprint density at radius 3 is 2.83 bits per heavy atom. The van der Waals surface area contributed by atoms with E-state index in [9.17, 15) is 0 Å². The highest BCUT2D eigenvalue weighted by Crippen LogP contribution is 2.14. The summed E-state index contributed by atoms with van der Waals surface area (Å²) in [7, 11) is 0. The third kappa shape index (κ3) is 4.63. The highest BCUT2D eigenvalue weighted by atomic mass is 16.5. The topological polar surface area (TPSA) is 60.2 Å². The van der Waals surface area contributed by atoms with E-state index in [1.807, 2.05) is 19.2 Å². The van der Waals surface area contributed by atoms with Crippen molar-refractivity contribution in [1.29, 1.82) is 0 Å². The minimum atomic E-state index is 0.168. The molecule has 2 atom stereocenters. The maximum atomic E-state index is 5.96. The zero-order valence-corrected chi connectivity index (χ0v) is 11.6. The average Bonchev–Trinajstić information content (AvgIpc) is 2.36. The standard InChI is InChI=1S/C14H25N3O/c1-4-7-17-14(11(3)18-5-2)9-12-10-16-8-6-13(12)15/h6,8,10-11,14,17H,4-5,7,9H2,1-3H3,(H2,15,16). The summed E-state index contributed by atoms with van der Waals surface area (Å²) in [6, 6.07) is 2.12. The van der Waals surface area contributed by atoms with Crippen LogP contribution in [0.1, 0.15) is 32.8 Å². The lowest BCUT2D eigenvalue weighted by atomic mass is 10.0. The van der Waals surface area contributed by atoms with Gasteiger partial charge in [0.1, 0.15) is 0 Å². The van der Waals surface area contributed by atoms with Gasteiger partial charge < -0.3 is 15.8 Å². The molecule has 2 unspecified atom stereocenters. The van der Waals surface area contributed by atoms with E-state index in [0.29, 0.717) is 0 Å². The number of nitrogens with two attached hydrogens (primary N) is 1. The van der Waals surface area contributed by atoms with Crippen molar-refractivity contribution in [3.05, 3.63) is 24.0 Å². The van der Waals surface area contributed by atoms with Crippen LogP contribution in [0.15, 0.2) is 18.5 Å². The molecular weight excluding hydrogens is 226 g/mol. The fourth-order valence-electron chi connectivity index (χ4n) is 1.96. The minimum absolute atomic E-state index is 0.168. The second kappa shape index (κ2) is 8.06. The number of ether oxygens (including phenoxy) is 1. The smallest absolute Gasteiger partial charge is 0.0703 e. The molecule has 1 aromatic rings. The van der Waals surface area contributed by atoms with Crippen molar-refractivity contribution in [2.75, 3.05) is 18.9 Å². The molecule has 0 spiro atoms. The van der Waals surface area contributed by atoms with Crippen LogP contribution < -0.4 is 11.1 Å². The maximum absolute atomic E-state index is 5.96. The van der Waals surface area contributed by atoms with Crippen molar-refractivity contribution >= 4 is 5.69 Å². The molecular formula is C14H25N3O. The number of pyridine rings is 1. The van der Waals surface area contributed by atoms with Crippen molar-refractivity contribution in [3.8, 4) is 0 Å². The summed E-state index contributed by atoms with van der Waals surface area (Å²) in [4.78, 5) is 4.14. The van der Waals surface area contributed by atoms with Crippen LogP contribution >= 0.6 is 0 Å². The zero-order chi connectivity index (χ0) is 13.4. The van der Waals surface area contributed by atoms with Gasteiger partial charge >= 0.3 is 0 Å². The number of nitrogens with one attached hydrogen (secondary N) is 1. The minimum Gasteiger partial charge on any atom is -0.398 e. The molecule has 0 bridgehead atoms. The first-order valence-electron chi connectivity index (χ1n) is 6.72. The molecule has 0 saturated carbocycles. The van der Waals surface area contributed by atoms with Gasteiger partial charge in [-0.2, -0.15) is 0 Å². The molecule has 18 heavy (non-hydrogen) atoms. The van der Waals surface area contributed by atoms with Crippen LogP contribution in [0.4, 0.5) is 5.69 Å². The first-order valence-corrected chi connectivity index (χ1v) is 6.72. The molecule has 4 nitrogen and oxygen atoms in total. The van der Waals surface area contributed by atoms with Crippen LogP contribution in [-0.4, -0.2) is 30.3 Å². The number of anilines is 1. The summed E-state index contributed by atoms with van der Waals surface area (Å²) in [5.41, 5.74) is 7.85. The van der Waals surface area contributed by atoms with Gasteiger partial charge in [0.2, 0.25) is 0 Å². The van der Waals surface area contributed by atoms with Gasteiger partial charge in [-0.1, -0.05) is 6.92 Å². The predicted molar refractivity (Wildman–Crippen MR) is 75.5 cm³/mol. The molecule has 1 heterocycles. The quantitative estimate of drug-likeness (QED) is 0.742.